The topological polar surface area (TPSA) is 34.9 Å². The van der Waals surface area contributed by atoms with E-state index >= 15 is 0 Å². The van der Waals surface area contributed by atoms with Crippen molar-refractivity contribution in [2.45, 2.75) is 27.3 Å². The number of aryl methyl sites for hydroxylation is 3. The van der Waals surface area contributed by atoms with Gasteiger partial charge in [-0.25, -0.2) is 0 Å². The van der Waals surface area contributed by atoms with Crippen LogP contribution in [0.5, 0.6) is 0 Å². The smallest absolute Gasteiger partial charge is 0.150 e. The van der Waals surface area contributed by atoms with Gasteiger partial charge in [0.25, 0.3) is 0 Å². The lowest BCUT2D eigenvalue weighted by atomic mass is 9.99. The largest absolute Gasteiger partial charge is 0.298 e. The summed E-state index contributed by atoms with van der Waals surface area (Å²) in [6, 6.07) is 5.74. The molecule has 0 amide bonds. The minimum atomic E-state index is 0.715. The molecule has 0 aliphatic carbocycles. The van der Waals surface area contributed by atoms with E-state index in [4.69, 9.17) is 0 Å². The van der Waals surface area contributed by atoms with Crippen molar-refractivity contribution in [1.82, 2.24) is 9.78 Å². The highest BCUT2D eigenvalue weighted by atomic mass is 16.1. The van der Waals surface area contributed by atoms with E-state index in [1.807, 2.05) is 36.7 Å². The van der Waals surface area contributed by atoms with Crippen molar-refractivity contribution < 1.29 is 4.79 Å². The van der Waals surface area contributed by atoms with E-state index in [9.17, 15) is 4.79 Å². The third-order valence-corrected chi connectivity index (χ3v) is 2.95. The first kappa shape index (κ1) is 11.6. The second kappa shape index (κ2) is 4.53. The summed E-state index contributed by atoms with van der Waals surface area (Å²) in [4.78, 5) is 10.7. The third-order valence-electron chi connectivity index (χ3n) is 2.95. The zero-order valence-electron chi connectivity index (χ0n) is 10.4. The first-order valence-electron chi connectivity index (χ1n) is 5.76. The molecule has 0 saturated carbocycles. The van der Waals surface area contributed by atoms with E-state index in [1.165, 1.54) is 0 Å². The average Bonchev–Trinajstić information content (AvgIpc) is 2.70. The van der Waals surface area contributed by atoms with Gasteiger partial charge in [-0.1, -0.05) is 12.1 Å². The van der Waals surface area contributed by atoms with Crippen molar-refractivity contribution in [3.63, 3.8) is 0 Å². The maximum Gasteiger partial charge on any atom is 0.150 e. The molecular formula is C14H16N2O. The Kier molecular flexibility index (Phi) is 3.09. The third kappa shape index (κ3) is 2.13. The Morgan fingerprint density at radius 1 is 1.29 bits per heavy atom. The van der Waals surface area contributed by atoms with E-state index in [2.05, 4.69) is 18.2 Å². The van der Waals surface area contributed by atoms with Gasteiger partial charge in [-0.3, -0.25) is 9.48 Å². The molecule has 0 saturated heterocycles. The molecule has 0 radical (unpaired) electrons. The molecule has 88 valence electrons. The predicted molar refractivity (Wildman–Crippen MR) is 68.2 cm³/mol. The fraction of sp³-hybridized carbons (Fsp3) is 0.286. The van der Waals surface area contributed by atoms with Crippen LogP contribution in [-0.2, 0) is 6.54 Å². The molecule has 3 nitrogen and oxygen atoms in total. The maximum absolute atomic E-state index is 10.7. The van der Waals surface area contributed by atoms with Gasteiger partial charge in [-0.05, 0) is 38.0 Å². The minimum Gasteiger partial charge on any atom is -0.298 e. The molecule has 0 aliphatic rings. The number of aldehydes is 1. The average molecular weight is 228 g/mol. The monoisotopic (exact) mass is 228 g/mol. The lowest BCUT2D eigenvalue weighted by Crippen LogP contribution is -1.93. The number of hydrogen-bond acceptors (Lipinski definition) is 2. The van der Waals surface area contributed by atoms with Crippen LogP contribution in [0.2, 0.25) is 0 Å². The molecule has 0 unspecified atom stereocenters. The van der Waals surface area contributed by atoms with Gasteiger partial charge in [0.2, 0.25) is 0 Å². The van der Waals surface area contributed by atoms with Crippen LogP contribution in [0.3, 0.4) is 0 Å². The summed E-state index contributed by atoms with van der Waals surface area (Å²) in [5.74, 6) is 0. The predicted octanol–water partition coefficient (Wildman–Crippen LogP) is 3.00. The Morgan fingerprint density at radius 3 is 2.59 bits per heavy atom. The summed E-state index contributed by atoms with van der Waals surface area (Å²) in [6.45, 7) is 6.96. The molecule has 1 aromatic carbocycles. The highest BCUT2D eigenvalue weighted by molar-refractivity contribution is 5.78. The van der Waals surface area contributed by atoms with E-state index in [0.29, 0.717) is 5.56 Å². The summed E-state index contributed by atoms with van der Waals surface area (Å²) in [7, 11) is 0. The number of carbonyl (C=O) groups excluding carboxylic acids is 1. The fourth-order valence-corrected chi connectivity index (χ4v) is 2.01. The summed E-state index contributed by atoms with van der Waals surface area (Å²) in [6.07, 6.45) is 2.93. The number of nitrogens with zero attached hydrogens (tertiary/aromatic N) is 2. The van der Waals surface area contributed by atoms with Crippen LogP contribution in [0, 0.1) is 13.8 Å². The summed E-state index contributed by atoms with van der Waals surface area (Å²) in [5, 5.41) is 4.44. The molecule has 0 bridgehead atoms. The molecular weight excluding hydrogens is 212 g/mol. The number of aromatic nitrogens is 2. The zero-order chi connectivity index (χ0) is 12.4. The van der Waals surface area contributed by atoms with Crippen molar-refractivity contribution >= 4 is 6.29 Å². The summed E-state index contributed by atoms with van der Waals surface area (Å²) < 4.78 is 1.93. The molecule has 2 aromatic rings. The number of benzene rings is 1. The Bertz CT molecular complexity index is 555. The van der Waals surface area contributed by atoms with E-state index < -0.39 is 0 Å². The van der Waals surface area contributed by atoms with E-state index in [0.717, 1.165) is 35.2 Å². The Labute approximate surface area is 101 Å². The number of hydrogen-bond donors (Lipinski definition) is 0. The van der Waals surface area contributed by atoms with Gasteiger partial charge in [0.05, 0.1) is 5.69 Å². The lowest BCUT2D eigenvalue weighted by Gasteiger charge is -2.04. The molecule has 3 heteroatoms. The molecule has 17 heavy (non-hydrogen) atoms. The Balaban J connectivity index is 2.52. The van der Waals surface area contributed by atoms with Gasteiger partial charge >= 0.3 is 0 Å². The number of rotatable bonds is 3. The van der Waals surface area contributed by atoms with Crippen molar-refractivity contribution in [2.75, 3.05) is 0 Å². The Morgan fingerprint density at radius 2 is 2.06 bits per heavy atom. The van der Waals surface area contributed by atoms with Crippen LogP contribution < -0.4 is 0 Å². The molecule has 0 atom stereocenters. The van der Waals surface area contributed by atoms with Crippen LogP contribution in [0.15, 0.2) is 24.4 Å². The molecule has 0 aliphatic heterocycles. The van der Waals surface area contributed by atoms with Gasteiger partial charge in [0, 0.05) is 23.9 Å². The minimum absolute atomic E-state index is 0.715. The number of carbonyl (C=O) groups is 1. The SMILES string of the molecule is CCn1cc(-c2ccc(C=O)cc2C)c(C)n1. The highest BCUT2D eigenvalue weighted by Gasteiger charge is 2.09. The lowest BCUT2D eigenvalue weighted by molar-refractivity contribution is 0.112. The van der Waals surface area contributed by atoms with Crippen molar-refractivity contribution in [3.05, 3.63) is 41.2 Å². The van der Waals surface area contributed by atoms with Crippen LogP contribution in [0.25, 0.3) is 11.1 Å². The van der Waals surface area contributed by atoms with Gasteiger partial charge in [-0.15, -0.1) is 0 Å². The van der Waals surface area contributed by atoms with Gasteiger partial charge in [0.15, 0.2) is 0 Å². The zero-order valence-corrected chi connectivity index (χ0v) is 10.4. The van der Waals surface area contributed by atoms with Crippen molar-refractivity contribution in [2.24, 2.45) is 0 Å². The van der Waals surface area contributed by atoms with E-state index in [1.54, 1.807) is 0 Å². The van der Waals surface area contributed by atoms with Crippen LogP contribution in [-0.4, -0.2) is 16.1 Å². The quantitative estimate of drug-likeness (QED) is 0.757. The first-order valence-corrected chi connectivity index (χ1v) is 5.76. The molecule has 2 rings (SSSR count). The van der Waals surface area contributed by atoms with Gasteiger partial charge in [-0.2, -0.15) is 5.10 Å². The molecule has 0 N–H and O–H groups in total. The molecule has 0 fully saturated rings. The van der Waals surface area contributed by atoms with Gasteiger partial charge < -0.3 is 0 Å². The van der Waals surface area contributed by atoms with Crippen molar-refractivity contribution in [1.29, 1.82) is 0 Å². The fourth-order valence-electron chi connectivity index (χ4n) is 2.01. The van der Waals surface area contributed by atoms with Crippen molar-refractivity contribution in [3.8, 4) is 11.1 Å². The maximum atomic E-state index is 10.7. The second-order valence-electron chi connectivity index (χ2n) is 4.18. The van der Waals surface area contributed by atoms with Gasteiger partial charge in [0.1, 0.15) is 6.29 Å². The molecule has 1 heterocycles. The summed E-state index contributed by atoms with van der Waals surface area (Å²) in [5.41, 5.74) is 5.13. The molecule has 0 spiro atoms. The Hall–Kier alpha value is -1.90. The van der Waals surface area contributed by atoms with Crippen LogP contribution in [0.4, 0.5) is 0 Å². The standard InChI is InChI=1S/C14H16N2O/c1-4-16-8-14(11(3)15-16)13-6-5-12(9-17)7-10(13)2/h5-9H,4H2,1-3H3. The summed E-state index contributed by atoms with van der Waals surface area (Å²) >= 11 is 0. The molecule has 1 aromatic heterocycles. The highest BCUT2D eigenvalue weighted by Crippen LogP contribution is 2.26. The van der Waals surface area contributed by atoms with Crippen LogP contribution >= 0.6 is 0 Å². The van der Waals surface area contributed by atoms with E-state index in [-0.39, 0.29) is 0 Å². The second-order valence-corrected chi connectivity index (χ2v) is 4.18. The first-order chi connectivity index (χ1) is 8.15. The normalized spacial score (nSPS) is 10.5. The van der Waals surface area contributed by atoms with Crippen LogP contribution in [0.1, 0.15) is 28.5 Å².